The summed E-state index contributed by atoms with van der Waals surface area (Å²) in [6.07, 6.45) is 6.53. The molecule has 0 radical (unpaired) electrons. The Labute approximate surface area is 92.6 Å². The van der Waals surface area contributed by atoms with E-state index in [2.05, 4.69) is 5.32 Å². The van der Waals surface area contributed by atoms with Crippen molar-refractivity contribution in [3.63, 3.8) is 0 Å². The van der Waals surface area contributed by atoms with Crippen molar-refractivity contribution in [3.05, 3.63) is 0 Å². The summed E-state index contributed by atoms with van der Waals surface area (Å²) in [5.41, 5.74) is -0.348. The smallest absolute Gasteiger partial charge is 0.223 e. The number of ether oxygens (including phenoxy) is 1. The second-order valence-electron chi connectivity index (χ2n) is 5.04. The van der Waals surface area contributed by atoms with Crippen LogP contribution in [-0.2, 0) is 9.53 Å². The van der Waals surface area contributed by atoms with E-state index in [1.807, 2.05) is 13.8 Å². The van der Waals surface area contributed by atoms with E-state index in [4.69, 9.17) is 4.74 Å². The molecule has 88 valence electrons. The number of amides is 1. The maximum Gasteiger partial charge on any atom is 0.223 e. The van der Waals surface area contributed by atoms with Gasteiger partial charge in [-0.1, -0.05) is 19.3 Å². The summed E-state index contributed by atoms with van der Waals surface area (Å²) in [5.74, 6) is 0.119. The van der Waals surface area contributed by atoms with E-state index in [-0.39, 0.29) is 11.5 Å². The normalized spacial score (nSPS) is 18.9. The van der Waals surface area contributed by atoms with Crippen LogP contribution in [0.25, 0.3) is 0 Å². The van der Waals surface area contributed by atoms with E-state index in [0.29, 0.717) is 12.5 Å². The summed E-state index contributed by atoms with van der Waals surface area (Å²) in [7, 11) is 1.65. The highest BCUT2D eigenvalue weighted by molar-refractivity contribution is 5.77. The van der Waals surface area contributed by atoms with Gasteiger partial charge in [-0.3, -0.25) is 4.79 Å². The van der Waals surface area contributed by atoms with Crippen LogP contribution in [0.5, 0.6) is 0 Å². The first-order valence-corrected chi connectivity index (χ1v) is 5.88. The number of methoxy groups -OCH3 is 1. The Kier molecular flexibility index (Phi) is 4.58. The lowest BCUT2D eigenvalue weighted by Crippen LogP contribution is -2.40. The molecule has 0 bridgehead atoms. The zero-order valence-electron chi connectivity index (χ0n) is 10.1. The van der Waals surface area contributed by atoms with Gasteiger partial charge in [-0.25, -0.2) is 0 Å². The SMILES string of the molecule is COC(C)(C)CC(=O)NC1CCCCC1. The van der Waals surface area contributed by atoms with Crippen LogP contribution in [0.1, 0.15) is 52.4 Å². The number of rotatable bonds is 4. The molecule has 3 nitrogen and oxygen atoms in total. The first kappa shape index (κ1) is 12.5. The Morgan fingerprint density at radius 1 is 1.33 bits per heavy atom. The third-order valence-corrected chi connectivity index (χ3v) is 3.11. The summed E-state index contributed by atoms with van der Waals surface area (Å²) in [6, 6.07) is 0.402. The molecule has 3 heteroatoms. The van der Waals surface area contributed by atoms with Gasteiger partial charge in [0.05, 0.1) is 12.0 Å². The lowest BCUT2D eigenvalue weighted by atomic mass is 9.95. The minimum Gasteiger partial charge on any atom is -0.378 e. The molecule has 0 atom stereocenters. The summed E-state index contributed by atoms with van der Waals surface area (Å²) in [4.78, 5) is 11.7. The molecule has 1 aliphatic rings. The maximum absolute atomic E-state index is 11.7. The van der Waals surface area contributed by atoms with Gasteiger partial charge in [0.2, 0.25) is 5.91 Å². The van der Waals surface area contributed by atoms with Gasteiger partial charge in [0.15, 0.2) is 0 Å². The van der Waals surface area contributed by atoms with Gasteiger partial charge in [0, 0.05) is 13.2 Å². The fraction of sp³-hybridized carbons (Fsp3) is 0.917. The van der Waals surface area contributed by atoms with Crippen molar-refractivity contribution in [2.45, 2.75) is 64.0 Å². The molecule has 0 aromatic heterocycles. The highest BCUT2D eigenvalue weighted by atomic mass is 16.5. The van der Waals surface area contributed by atoms with E-state index in [1.165, 1.54) is 19.3 Å². The second kappa shape index (κ2) is 5.50. The molecule has 1 N–H and O–H groups in total. The van der Waals surface area contributed by atoms with E-state index >= 15 is 0 Å². The highest BCUT2D eigenvalue weighted by Crippen LogP contribution is 2.18. The van der Waals surface area contributed by atoms with Gasteiger partial charge in [-0.2, -0.15) is 0 Å². The van der Waals surface area contributed by atoms with Crippen LogP contribution in [-0.4, -0.2) is 24.7 Å². The Morgan fingerprint density at radius 3 is 2.47 bits per heavy atom. The van der Waals surface area contributed by atoms with E-state index in [9.17, 15) is 4.79 Å². The van der Waals surface area contributed by atoms with Gasteiger partial charge >= 0.3 is 0 Å². The average molecular weight is 213 g/mol. The van der Waals surface area contributed by atoms with Gasteiger partial charge in [0.1, 0.15) is 0 Å². The van der Waals surface area contributed by atoms with Crippen molar-refractivity contribution in [2.75, 3.05) is 7.11 Å². The number of hydrogen-bond donors (Lipinski definition) is 1. The molecule has 1 rings (SSSR count). The fourth-order valence-electron chi connectivity index (χ4n) is 1.98. The van der Waals surface area contributed by atoms with E-state index in [0.717, 1.165) is 12.8 Å². The predicted molar refractivity (Wildman–Crippen MR) is 60.7 cm³/mol. The maximum atomic E-state index is 11.7. The molecule has 0 unspecified atom stereocenters. The minimum atomic E-state index is -0.348. The molecule has 0 aliphatic heterocycles. The van der Waals surface area contributed by atoms with Crippen molar-refractivity contribution in [1.29, 1.82) is 0 Å². The Balaban J connectivity index is 2.28. The van der Waals surface area contributed by atoms with Crippen molar-refractivity contribution in [3.8, 4) is 0 Å². The Hall–Kier alpha value is -0.570. The predicted octanol–water partition coefficient (Wildman–Crippen LogP) is 2.25. The standard InChI is InChI=1S/C12H23NO2/c1-12(2,15-3)9-11(14)13-10-7-5-4-6-8-10/h10H,4-9H2,1-3H3,(H,13,14). The molecule has 0 aromatic rings. The topological polar surface area (TPSA) is 38.3 Å². The molecule has 0 heterocycles. The van der Waals surface area contributed by atoms with Gasteiger partial charge in [-0.05, 0) is 26.7 Å². The second-order valence-corrected chi connectivity index (χ2v) is 5.04. The zero-order chi connectivity index (χ0) is 11.3. The highest BCUT2D eigenvalue weighted by Gasteiger charge is 2.23. The number of hydrogen-bond acceptors (Lipinski definition) is 2. The summed E-state index contributed by atoms with van der Waals surface area (Å²) >= 11 is 0. The van der Waals surface area contributed by atoms with Crippen LogP contribution in [0.4, 0.5) is 0 Å². The monoisotopic (exact) mass is 213 g/mol. The van der Waals surface area contributed by atoms with Crippen LogP contribution < -0.4 is 5.32 Å². The van der Waals surface area contributed by atoms with Gasteiger partial charge in [0.25, 0.3) is 0 Å². The van der Waals surface area contributed by atoms with Crippen molar-refractivity contribution in [2.24, 2.45) is 0 Å². The first-order chi connectivity index (χ1) is 7.03. The third-order valence-electron chi connectivity index (χ3n) is 3.11. The molecule has 1 saturated carbocycles. The van der Waals surface area contributed by atoms with Gasteiger partial charge in [-0.15, -0.1) is 0 Å². The quantitative estimate of drug-likeness (QED) is 0.778. The van der Waals surface area contributed by atoms with Crippen molar-refractivity contribution < 1.29 is 9.53 Å². The van der Waals surface area contributed by atoms with Crippen LogP contribution in [0, 0.1) is 0 Å². The third kappa shape index (κ3) is 4.65. The van der Waals surface area contributed by atoms with Crippen LogP contribution in [0.15, 0.2) is 0 Å². The van der Waals surface area contributed by atoms with Gasteiger partial charge < -0.3 is 10.1 Å². The van der Waals surface area contributed by atoms with E-state index in [1.54, 1.807) is 7.11 Å². The largest absolute Gasteiger partial charge is 0.378 e. The molecule has 0 saturated heterocycles. The lowest BCUT2D eigenvalue weighted by Gasteiger charge is -2.26. The Morgan fingerprint density at radius 2 is 1.93 bits per heavy atom. The van der Waals surface area contributed by atoms with Crippen LogP contribution in [0.2, 0.25) is 0 Å². The summed E-state index contributed by atoms with van der Waals surface area (Å²) < 4.78 is 5.24. The molecule has 1 fully saturated rings. The van der Waals surface area contributed by atoms with E-state index < -0.39 is 0 Å². The number of carbonyl (C=O) groups is 1. The minimum absolute atomic E-state index is 0.119. The first-order valence-electron chi connectivity index (χ1n) is 5.88. The zero-order valence-corrected chi connectivity index (χ0v) is 10.1. The van der Waals surface area contributed by atoms with Crippen molar-refractivity contribution in [1.82, 2.24) is 5.32 Å². The Bertz CT molecular complexity index is 208. The molecular weight excluding hydrogens is 190 g/mol. The molecule has 0 spiro atoms. The number of carbonyl (C=O) groups excluding carboxylic acids is 1. The average Bonchev–Trinajstić information content (AvgIpc) is 2.18. The summed E-state index contributed by atoms with van der Waals surface area (Å²) in [5, 5.41) is 3.09. The molecule has 15 heavy (non-hydrogen) atoms. The molecule has 0 aromatic carbocycles. The van der Waals surface area contributed by atoms with Crippen LogP contribution >= 0.6 is 0 Å². The number of nitrogens with one attached hydrogen (secondary N) is 1. The van der Waals surface area contributed by atoms with Crippen molar-refractivity contribution >= 4 is 5.91 Å². The summed E-state index contributed by atoms with van der Waals surface area (Å²) in [6.45, 7) is 3.88. The molecular formula is C12H23NO2. The fourth-order valence-corrected chi connectivity index (χ4v) is 1.98. The molecule has 1 aliphatic carbocycles. The molecule has 1 amide bonds. The van der Waals surface area contributed by atoms with Crippen LogP contribution in [0.3, 0.4) is 0 Å². The lowest BCUT2D eigenvalue weighted by molar-refractivity contribution is -0.127.